The molecule has 0 bridgehead atoms. The summed E-state index contributed by atoms with van der Waals surface area (Å²) in [6.07, 6.45) is 6.83. The van der Waals surface area contributed by atoms with Crippen molar-refractivity contribution in [1.82, 2.24) is 9.38 Å². The highest BCUT2D eigenvalue weighted by atomic mass is 15.3. The van der Waals surface area contributed by atoms with Crippen LogP contribution >= 0.6 is 0 Å². The molecule has 0 amide bonds. The first-order chi connectivity index (χ1) is 8.40. The Balaban J connectivity index is 1.99. The molecule has 2 heterocycles. The number of nitrogens with zero attached hydrogens (tertiary/aromatic N) is 4. The van der Waals surface area contributed by atoms with Crippen LogP contribution in [-0.2, 0) is 0 Å². The summed E-state index contributed by atoms with van der Waals surface area (Å²) < 4.78 is 2.09. The quantitative estimate of drug-likeness (QED) is 0.803. The highest BCUT2D eigenvalue weighted by Gasteiger charge is 2.29. The predicted molar refractivity (Wildman–Crippen MR) is 65.8 cm³/mol. The second-order valence-corrected chi connectivity index (χ2v) is 4.37. The van der Waals surface area contributed by atoms with Crippen molar-refractivity contribution in [1.29, 1.82) is 5.26 Å². The summed E-state index contributed by atoms with van der Waals surface area (Å²) in [4.78, 5) is 6.62. The minimum atomic E-state index is 0.571. The summed E-state index contributed by atoms with van der Waals surface area (Å²) in [5, 5.41) is 8.74. The SMILES string of the molecule is N#CCCN(c1cccc2nccn12)C1CC1. The van der Waals surface area contributed by atoms with Crippen molar-refractivity contribution in [3.05, 3.63) is 30.6 Å². The zero-order valence-electron chi connectivity index (χ0n) is 9.58. The van der Waals surface area contributed by atoms with Gasteiger partial charge in [-0.2, -0.15) is 5.26 Å². The van der Waals surface area contributed by atoms with Crippen molar-refractivity contribution in [3.8, 4) is 6.07 Å². The second-order valence-electron chi connectivity index (χ2n) is 4.37. The smallest absolute Gasteiger partial charge is 0.138 e. The van der Waals surface area contributed by atoms with Crippen LogP contribution in [0.25, 0.3) is 5.65 Å². The number of pyridine rings is 1. The van der Waals surface area contributed by atoms with Gasteiger partial charge in [-0.25, -0.2) is 4.98 Å². The van der Waals surface area contributed by atoms with E-state index in [1.165, 1.54) is 12.8 Å². The van der Waals surface area contributed by atoms with Crippen molar-refractivity contribution in [2.75, 3.05) is 11.4 Å². The molecule has 3 rings (SSSR count). The number of rotatable bonds is 4. The Labute approximate surface area is 100 Å². The highest BCUT2D eigenvalue weighted by molar-refractivity contribution is 5.52. The normalized spacial score (nSPS) is 14.8. The van der Waals surface area contributed by atoms with Gasteiger partial charge in [0.15, 0.2) is 0 Å². The van der Waals surface area contributed by atoms with E-state index in [1.54, 1.807) is 0 Å². The predicted octanol–water partition coefficient (Wildman–Crippen LogP) is 2.22. The average molecular weight is 226 g/mol. The number of hydrogen-bond donors (Lipinski definition) is 0. The Morgan fingerprint density at radius 1 is 1.47 bits per heavy atom. The van der Waals surface area contributed by atoms with Crippen LogP contribution in [0.2, 0.25) is 0 Å². The minimum Gasteiger partial charge on any atom is -0.354 e. The lowest BCUT2D eigenvalue weighted by Crippen LogP contribution is -2.28. The molecule has 0 radical (unpaired) electrons. The van der Waals surface area contributed by atoms with Crippen molar-refractivity contribution in [2.24, 2.45) is 0 Å². The van der Waals surface area contributed by atoms with Gasteiger partial charge in [-0.3, -0.25) is 4.40 Å². The van der Waals surface area contributed by atoms with Crippen molar-refractivity contribution in [3.63, 3.8) is 0 Å². The molecule has 1 saturated carbocycles. The number of nitriles is 1. The summed E-state index contributed by atoms with van der Waals surface area (Å²) >= 11 is 0. The number of imidazole rings is 1. The summed E-state index contributed by atoms with van der Waals surface area (Å²) in [6.45, 7) is 0.804. The van der Waals surface area contributed by atoms with Crippen molar-refractivity contribution in [2.45, 2.75) is 25.3 Å². The molecule has 0 unspecified atom stereocenters. The van der Waals surface area contributed by atoms with Crippen LogP contribution in [0.4, 0.5) is 5.82 Å². The first-order valence-electron chi connectivity index (χ1n) is 5.96. The molecule has 17 heavy (non-hydrogen) atoms. The van der Waals surface area contributed by atoms with Crippen molar-refractivity contribution >= 4 is 11.5 Å². The molecule has 4 heteroatoms. The molecule has 0 N–H and O–H groups in total. The van der Waals surface area contributed by atoms with Crippen LogP contribution < -0.4 is 4.90 Å². The Kier molecular flexibility index (Phi) is 2.45. The Hall–Kier alpha value is -2.02. The molecule has 0 saturated heterocycles. The molecular weight excluding hydrogens is 212 g/mol. The standard InChI is InChI=1S/C13H14N4/c14-7-2-9-16(11-5-6-11)13-4-1-3-12-15-8-10-17(12)13/h1,3-4,8,10-11H,2,5-6,9H2. The van der Waals surface area contributed by atoms with E-state index in [2.05, 4.69) is 26.4 Å². The number of anilines is 1. The molecule has 0 spiro atoms. The van der Waals surface area contributed by atoms with E-state index in [0.717, 1.165) is 18.0 Å². The molecule has 2 aromatic rings. The first-order valence-corrected chi connectivity index (χ1v) is 5.96. The van der Waals surface area contributed by atoms with Crippen LogP contribution in [0.5, 0.6) is 0 Å². The Morgan fingerprint density at radius 2 is 2.35 bits per heavy atom. The molecule has 4 nitrogen and oxygen atoms in total. The van der Waals surface area contributed by atoms with Gasteiger partial charge < -0.3 is 4.90 Å². The minimum absolute atomic E-state index is 0.571. The lowest BCUT2D eigenvalue weighted by molar-refractivity contribution is 0.771. The fourth-order valence-corrected chi connectivity index (χ4v) is 2.21. The topological polar surface area (TPSA) is 44.3 Å². The zero-order chi connectivity index (χ0) is 11.7. The van der Waals surface area contributed by atoms with Gasteiger partial charge in [0.1, 0.15) is 11.5 Å². The lowest BCUT2D eigenvalue weighted by Gasteiger charge is -2.24. The van der Waals surface area contributed by atoms with Gasteiger partial charge in [0, 0.05) is 25.0 Å². The van der Waals surface area contributed by atoms with Gasteiger partial charge in [0.25, 0.3) is 0 Å². The summed E-state index contributed by atoms with van der Waals surface area (Å²) in [7, 11) is 0. The molecule has 1 fully saturated rings. The largest absolute Gasteiger partial charge is 0.354 e. The maximum Gasteiger partial charge on any atom is 0.138 e. The highest BCUT2D eigenvalue weighted by Crippen LogP contribution is 2.31. The zero-order valence-corrected chi connectivity index (χ0v) is 9.58. The third-order valence-corrected chi connectivity index (χ3v) is 3.15. The van der Waals surface area contributed by atoms with Gasteiger partial charge in [-0.15, -0.1) is 0 Å². The number of hydrogen-bond acceptors (Lipinski definition) is 3. The Bertz CT molecular complexity index is 562. The second kappa shape index (κ2) is 4.10. The first kappa shape index (κ1) is 10.2. The van der Waals surface area contributed by atoms with Gasteiger partial charge in [0.05, 0.1) is 12.5 Å². The van der Waals surface area contributed by atoms with Crippen LogP contribution in [0.1, 0.15) is 19.3 Å². The average Bonchev–Trinajstić information content (AvgIpc) is 3.07. The van der Waals surface area contributed by atoms with Crippen LogP contribution in [0.15, 0.2) is 30.6 Å². The van der Waals surface area contributed by atoms with E-state index >= 15 is 0 Å². The van der Waals surface area contributed by atoms with E-state index in [-0.39, 0.29) is 0 Å². The van der Waals surface area contributed by atoms with Crippen LogP contribution in [0.3, 0.4) is 0 Å². The number of aromatic nitrogens is 2. The monoisotopic (exact) mass is 226 g/mol. The summed E-state index contributed by atoms with van der Waals surface area (Å²) in [5.74, 6) is 1.15. The lowest BCUT2D eigenvalue weighted by atomic mass is 10.3. The van der Waals surface area contributed by atoms with E-state index in [9.17, 15) is 0 Å². The molecular formula is C13H14N4. The van der Waals surface area contributed by atoms with Gasteiger partial charge in [-0.05, 0) is 25.0 Å². The number of fused-ring (bicyclic) bond motifs is 1. The van der Waals surface area contributed by atoms with Gasteiger partial charge in [-0.1, -0.05) is 6.07 Å². The summed E-state index contributed by atoms with van der Waals surface area (Å²) in [6, 6.07) is 8.96. The summed E-state index contributed by atoms with van der Waals surface area (Å²) in [5.41, 5.74) is 0.963. The molecule has 2 aromatic heterocycles. The van der Waals surface area contributed by atoms with E-state index in [1.807, 2.05) is 24.5 Å². The maximum atomic E-state index is 8.74. The van der Waals surface area contributed by atoms with E-state index in [0.29, 0.717) is 12.5 Å². The van der Waals surface area contributed by atoms with E-state index < -0.39 is 0 Å². The van der Waals surface area contributed by atoms with Crippen LogP contribution in [-0.4, -0.2) is 22.0 Å². The fourth-order valence-electron chi connectivity index (χ4n) is 2.21. The molecule has 0 aromatic carbocycles. The third kappa shape index (κ3) is 1.84. The molecule has 1 aliphatic rings. The molecule has 1 aliphatic carbocycles. The third-order valence-electron chi connectivity index (χ3n) is 3.15. The Morgan fingerprint density at radius 3 is 3.12 bits per heavy atom. The van der Waals surface area contributed by atoms with Gasteiger partial charge in [0.2, 0.25) is 0 Å². The fraction of sp³-hybridized carbons (Fsp3) is 0.385. The van der Waals surface area contributed by atoms with E-state index in [4.69, 9.17) is 5.26 Å². The van der Waals surface area contributed by atoms with Crippen molar-refractivity contribution < 1.29 is 0 Å². The van der Waals surface area contributed by atoms with Crippen LogP contribution in [0, 0.1) is 11.3 Å². The molecule has 0 aliphatic heterocycles. The van der Waals surface area contributed by atoms with Gasteiger partial charge >= 0.3 is 0 Å². The molecule has 0 atom stereocenters. The molecule has 86 valence electrons. The maximum absolute atomic E-state index is 8.74.